The van der Waals surface area contributed by atoms with Crippen LogP contribution in [0.5, 0.6) is 0 Å². The highest BCUT2D eigenvalue weighted by molar-refractivity contribution is 6.23. The van der Waals surface area contributed by atoms with E-state index in [0.29, 0.717) is 0 Å². The van der Waals surface area contributed by atoms with Gasteiger partial charge < -0.3 is 13.7 Å². The first-order valence-corrected chi connectivity index (χ1v) is 13.8. The molecule has 3 aromatic heterocycles. The second-order valence-corrected chi connectivity index (χ2v) is 10.7. The van der Waals surface area contributed by atoms with E-state index in [1.54, 1.807) is 0 Å². The molecule has 0 amide bonds. The van der Waals surface area contributed by atoms with Crippen LogP contribution in [0, 0.1) is 0 Å². The van der Waals surface area contributed by atoms with E-state index >= 15 is 0 Å². The summed E-state index contributed by atoms with van der Waals surface area (Å²) in [7, 11) is 2.21. The third-order valence-corrected chi connectivity index (χ3v) is 8.63. The number of nitrogens with zero attached hydrogens (tertiary/aromatic N) is 3. The Kier molecular flexibility index (Phi) is 4.26. The Hall–Kier alpha value is -5.28. The molecule has 0 aliphatic rings. The Balaban J connectivity index is 1.42. The molecule has 0 radical (unpaired) electrons. The minimum Gasteiger partial charge on any atom is -0.342 e. The minimum atomic E-state index is 1.18. The maximum Gasteiger partial charge on any atom is 0.0785 e. The van der Waals surface area contributed by atoms with Crippen molar-refractivity contribution >= 4 is 65.4 Å². The van der Waals surface area contributed by atoms with Crippen LogP contribution in [0.2, 0.25) is 0 Å². The summed E-state index contributed by atoms with van der Waals surface area (Å²) in [6, 6.07) is 48.5. The molecule has 0 spiro atoms. The maximum absolute atomic E-state index is 2.43. The van der Waals surface area contributed by atoms with Gasteiger partial charge in [-0.1, -0.05) is 84.9 Å². The zero-order chi connectivity index (χ0) is 26.4. The quantitative estimate of drug-likeness (QED) is 0.219. The van der Waals surface area contributed by atoms with Crippen LogP contribution in [-0.4, -0.2) is 13.7 Å². The average Bonchev–Trinajstić information content (AvgIpc) is 3.63. The van der Waals surface area contributed by atoms with Gasteiger partial charge in [0.1, 0.15) is 0 Å². The lowest BCUT2D eigenvalue weighted by Gasteiger charge is -2.09. The summed E-state index contributed by atoms with van der Waals surface area (Å²) in [6.45, 7) is 0. The molecule has 3 heteroatoms. The van der Waals surface area contributed by atoms with Gasteiger partial charge >= 0.3 is 0 Å². The third kappa shape index (κ3) is 2.73. The van der Waals surface area contributed by atoms with Gasteiger partial charge in [-0.2, -0.15) is 0 Å². The van der Waals surface area contributed by atoms with E-state index < -0.39 is 0 Å². The van der Waals surface area contributed by atoms with Gasteiger partial charge in [0.15, 0.2) is 0 Å². The molecular weight excluding hydrogens is 486 g/mol. The summed E-state index contributed by atoms with van der Waals surface area (Å²) in [6.07, 6.45) is 0. The van der Waals surface area contributed by atoms with E-state index in [2.05, 4.69) is 154 Å². The van der Waals surface area contributed by atoms with Gasteiger partial charge in [0.25, 0.3) is 0 Å². The highest BCUT2D eigenvalue weighted by Crippen LogP contribution is 2.41. The second kappa shape index (κ2) is 7.87. The van der Waals surface area contributed by atoms with Crippen molar-refractivity contribution in [1.29, 1.82) is 0 Å². The predicted molar refractivity (Wildman–Crippen MR) is 169 cm³/mol. The summed E-state index contributed by atoms with van der Waals surface area (Å²) >= 11 is 0. The van der Waals surface area contributed by atoms with Gasteiger partial charge in [0, 0.05) is 56.3 Å². The molecule has 6 aromatic carbocycles. The normalized spacial score (nSPS) is 12.1. The molecule has 188 valence electrons. The predicted octanol–water partition coefficient (Wildman–Crippen LogP) is 9.53. The van der Waals surface area contributed by atoms with E-state index in [9.17, 15) is 0 Å². The number of hydrogen-bond donors (Lipinski definition) is 0. The summed E-state index contributed by atoms with van der Waals surface area (Å²) in [5, 5.41) is 7.66. The highest BCUT2D eigenvalue weighted by Gasteiger charge is 2.20. The van der Waals surface area contributed by atoms with Gasteiger partial charge in [-0.25, -0.2) is 0 Å². The van der Waals surface area contributed by atoms with Crippen LogP contribution in [0.25, 0.3) is 76.8 Å². The molecule has 0 atom stereocenters. The van der Waals surface area contributed by atoms with Crippen LogP contribution in [0.1, 0.15) is 0 Å². The van der Waals surface area contributed by atoms with E-state index in [-0.39, 0.29) is 0 Å². The Morgan fingerprint density at radius 1 is 0.350 bits per heavy atom. The molecule has 0 bridgehead atoms. The zero-order valence-electron chi connectivity index (χ0n) is 22.0. The highest BCUT2D eigenvalue weighted by atomic mass is 15.0. The molecule has 40 heavy (non-hydrogen) atoms. The topological polar surface area (TPSA) is 14.8 Å². The zero-order valence-corrected chi connectivity index (χ0v) is 22.0. The smallest absolute Gasteiger partial charge is 0.0785 e. The number of fused-ring (bicyclic) bond motifs is 10. The first-order chi connectivity index (χ1) is 19.8. The standard InChI is InChI=1S/C37H25N3/c1-38-32-22-19-25(39-33-16-8-5-13-26(33)27-14-6-9-17-34(27)39)23-31(32)30-21-20-29-28-15-7-10-18-35(28)40(37(29)36(30)38)24-11-3-2-4-12-24/h2-23H,1H3. The summed E-state index contributed by atoms with van der Waals surface area (Å²) in [4.78, 5) is 0. The van der Waals surface area contributed by atoms with Crippen molar-refractivity contribution in [3.8, 4) is 11.4 Å². The fourth-order valence-corrected chi connectivity index (χ4v) is 6.93. The molecule has 0 aliphatic carbocycles. The number of rotatable bonds is 2. The Morgan fingerprint density at radius 3 is 1.52 bits per heavy atom. The lowest BCUT2D eigenvalue weighted by Crippen LogP contribution is -1.96. The van der Waals surface area contributed by atoms with Crippen molar-refractivity contribution in [1.82, 2.24) is 13.7 Å². The molecule has 9 aromatic rings. The van der Waals surface area contributed by atoms with Crippen LogP contribution >= 0.6 is 0 Å². The fourth-order valence-electron chi connectivity index (χ4n) is 6.93. The minimum absolute atomic E-state index is 1.18. The largest absolute Gasteiger partial charge is 0.342 e. The van der Waals surface area contributed by atoms with Crippen molar-refractivity contribution in [3.63, 3.8) is 0 Å². The van der Waals surface area contributed by atoms with Crippen molar-refractivity contribution < 1.29 is 0 Å². The van der Waals surface area contributed by atoms with Gasteiger partial charge in [-0.3, -0.25) is 0 Å². The summed E-state index contributed by atoms with van der Waals surface area (Å²) in [5.74, 6) is 0. The molecular formula is C37H25N3. The Bertz CT molecular complexity index is 2380. The van der Waals surface area contributed by atoms with Crippen LogP contribution in [0.3, 0.4) is 0 Å². The lowest BCUT2D eigenvalue weighted by atomic mass is 10.1. The fraction of sp³-hybridized carbons (Fsp3) is 0.0270. The lowest BCUT2D eigenvalue weighted by molar-refractivity contribution is 1.01. The van der Waals surface area contributed by atoms with Crippen LogP contribution in [0.15, 0.2) is 133 Å². The van der Waals surface area contributed by atoms with Gasteiger partial charge in [0.2, 0.25) is 0 Å². The maximum atomic E-state index is 2.43. The van der Waals surface area contributed by atoms with E-state index in [4.69, 9.17) is 0 Å². The van der Waals surface area contributed by atoms with Crippen molar-refractivity contribution in [2.24, 2.45) is 7.05 Å². The van der Waals surface area contributed by atoms with E-state index in [1.807, 2.05) is 0 Å². The Morgan fingerprint density at radius 2 is 0.875 bits per heavy atom. The summed E-state index contributed by atoms with van der Waals surface area (Å²) < 4.78 is 7.21. The molecule has 9 rings (SSSR count). The number of aromatic nitrogens is 3. The summed E-state index contributed by atoms with van der Waals surface area (Å²) in [5.41, 5.74) is 9.79. The number of hydrogen-bond acceptors (Lipinski definition) is 0. The van der Waals surface area contributed by atoms with Gasteiger partial charge in [-0.05, 0) is 48.5 Å². The van der Waals surface area contributed by atoms with Crippen molar-refractivity contribution in [2.45, 2.75) is 0 Å². The Labute approximate surface area is 230 Å². The molecule has 0 saturated heterocycles. The molecule has 0 aliphatic heterocycles. The molecule has 3 nitrogen and oxygen atoms in total. The molecule has 0 unspecified atom stereocenters. The van der Waals surface area contributed by atoms with Gasteiger partial charge in [0.05, 0.1) is 27.6 Å². The van der Waals surface area contributed by atoms with Crippen LogP contribution in [0.4, 0.5) is 0 Å². The van der Waals surface area contributed by atoms with Crippen molar-refractivity contribution in [3.05, 3.63) is 133 Å². The van der Waals surface area contributed by atoms with E-state index in [0.717, 1.165) is 0 Å². The van der Waals surface area contributed by atoms with Crippen LogP contribution in [-0.2, 0) is 7.05 Å². The second-order valence-electron chi connectivity index (χ2n) is 10.7. The first-order valence-electron chi connectivity index (χ1n) is 13.8. The molecule has 0 saturated carbocycles. The molecule has 0 fully saturated rings. The molecule has 3 heterocycles. The first kappa shape index (κ1) is 21.6. The van der Waals surface area contributed by atoms with E-state index in [1.165, 1.54) is 76.8 Å². The number of benzene rings is 6. The molecule has 0 N–H and O–H groups in total. The SMILES string of the molecule is Cn1c2ccc(-n3c4ccccc4c4ccccc43)cc2c2ccc3c4ccccc4n(-c4ccccc4)c3c21. The third-order valence-electron chi connectivity index (χ3n) is 8.63. The average molecular weight is 512 g/mol. The number of aryl methyl sites for hydroxylation is 1. The number of para-hydroxylation sites is 4. The van der Waals surface area contributed by atoms with Gasteiger partial charge in [-0.15, -0.1) is 0 Å². The monoisotopic (exact) mass is 511 g/mol. The van der Waals surface area contributed by atoms with Crippen LogP contribution < -0.4 is 0 Å². The van der Waals surface area contributed by atoms with Crippen molar-refractivity contribution in [2.75, 3.05) is 0 Å².